The summed E-state index contributed by atoms with van der Waals surface area (Å²) in [7, 11) is 0. The van der Waals surface area contributed by atoms with E-state index in [1.807, 2.05) is 0 Å². The Kier molecular flexibility index (Phi) is 11.2. The Bertz CT molecular complexity index is 557. The fourth-order valence-electron chi connectivity index (χ4n) is 2.14. The number of amides is 3. The second-order valence-corrected chi connectivity index (χ2v) is 6.47. The van der Waals surface area contributed by atoms with Crippen LogP contribution in [0.25, 0.3) is 0 Å². The number of hydrogen-bond donors (Lipinski definition) is 8. The van der Waals surface area contributed by atoms with Crippen molar-refractivity contribution in [1.29, 1.82) is 0 Å². The van der Waals surface area contributed by atoms with Crippen LogP contribution in [0.4, 0.5) is 0 Å². The number of aliphatic hydroxyl groups is 3. The van der Waals surface area contributed by atoms with Crippen molar-refractivity contribution >= 4 is 23.7 Å². The zero-order valence-corrected chi connectivity index (χ0v) is 16.1. The molecule has 12 heteroatoms. The van der Waals surface area contributed by atoms with E-state index >= 15 is 0 Å². The second-order valence-electron chi connectivity index (χ2n) is 6.47. The van der Waals surface area contributed by atoms with Crippen molar-refractivity contribution in [1.82, 2.24) is 16.0 Å². The summed E-state index contributed by atoms with van der Waals surface area (Å²) < 4.78 is 0. The predicted molar refractivity (Wildman–Crippen MR) is 96.7 cm³/mol. The molecule has 0 saturated heterocycles. The molecule has 0 radical (unpaired) electrons. The lowest BCUT2D eigenvalue weighted by Gasteiger charge is -2.28. The van der Waals surface area contributed by atoms with Gasteiger partial charge < -0.3 is 42.1 Å². The van der Waals surface area contributed by atoms with E-state index in [1.54, 1.807) is 13.8 Å². The maximum atomic E-state index is 12.5. The Morgan fingerprint density at radius 2 is 1.39 bits per heavy atom. The maximum absolute atomic E-state index is 12.5. The van der Waals surface area contributed by atoms with Crippen LogP contribution in [0.2, 0.25) is 0 Å². The van der Waals surface area contributed by atoms with Gasteiger partial charge in [-0.2, -0.15) is 0 Å². The standard InChI is InChI=1S/C16H30N4O8/c1-4-7(2)11(14(25)18-10(6-22)16(27)28)19-15(26)12(8(3)23)20-13(24)9(17)5-21/h7-12,21-23H,4-6,17H2,1-3H3,(H,18,25)(H,19,26)(H,20,24)(H,27,28). The van der Waals surface area contributed by atoms with Gasteiger partial charge in [-0.3, -0.25) is 14.4 Å². The number of carbonyl (C=O) groups is 4. The van der Waals surface area contributed by atoms with Crippen LogP contribution < -0.4 is 21.7 Å². The van der Waals surface area contributed by atoms with Crippen LogP contribution in [0.15, 0.2) is 0 Å². The summed E-state index contributed by atoms with van der Waals surface area (Å²) in [5.41, 5.74) is 5.36. The molecule has 0 rings (SSSR count). The number of nitrogens with one attached hydrogen (secondary N) is 3. The normalized spacial score (nSPS) is 17.4. The minimum atomic E-state index is -1.55. The van der Waals surface area contributed by atoms with Gasteiger partial charge in [0.2, 0.25) is 17.7 Å². The van der Waals surface area contributed by atoms with Gasteiger partial charge in [0.05, 0.1) is 19.3 Å². The molecular weight excluding hydrogens is 376 g/mol. The zero-order chi connectivity index (χ0) is 22.0. The van der Waals surface area contributed by atoms with E-state index in [0.29, 0.717) is 6.42 Å². The first-order chi connectivity index (χ1) is 13.0. The van der Waals surface area contributed by atoms with E-state index in [0.717, 1.165) is 0 Å². The SMILES string of the molecule is CCC(C)C(NC(=O)C(NC(=O)C(N)CO)C(C)O)C(=O)NC(CO)C(=O)O. The number of carboxylic acids is 1. The lowest BCUT2D eigenvalue weighted by atomic mass is 9.97. The van der Waals surface area contributed by atoms with Crippen LogP contribution >= 0.6 is 0 Å². The van der Waals surface area contributed by atoms with Crippen LogP contribution in [-0.2, 0) is 19.2 Å². The first kappa shape index (κ1) is 25.7. The van der Waals surface area contributed by atoms with Crippen molar-refractivity contribution in [3.8, 4) is 0 Å². The molecule has 0 aromatic heterocycles. The predicted octanol–water partition coefficient (Wildman–Crippen LogP) is -3.74. The highest BCUT2D eigenvalue weighted by atomic mass is 16.4. The molecule has 3 amide bonds. The fraction of sp³-hybridized carbons (Fsp3) is 0.750. The smallest absolute Gasteiger partial charge is 0.328 e. The Hall–Kier alpha value is -2.28. The van der Waals surface area contributed by atoms with Gasteiger partial charge in [0, 0.05) is 0 Å². The maximum Gasteiger partial charge on any atom is 0.328 e. The Morgan fingerprint density at radius 1 is 0.893 bits per heavy atom. The molecule has 0 aliphatic rings. The van der Waals surface area contributed by atoms with E-state index in [9.17, 15) is 24.3 Å². The summed E-state index contributed by atoms with van der Waals surface area (Å²) >= 11 is 0. The van der Waals surface area contributed by atoms with E-state index < -0.39 is 73.1 Å². The Balaban J connectivity index is 5.37. The van der Waals surface area contributed by atoms with Gasteiger partial charge in [0.15, 0.2) is 0 Å². The fourth-order valence-corrected chi connectivity index (χ4v) is 2.14. The highest BCUT2D eigenvalue weighted by Gasteiger charge is 2.34. The van der Waals surface area contributed by atoms with Gasteiger partial charge in [-0.1, -0.05) is 20.3 Å². The van der Waals surface area contributed by atoms with Crippen LogP contribution in [0.1, 0.15) is 27.2 Å². The van der Waals surface area contributed by atoms with Gasteiger partial charge in [0.1, 0.15) is 24.2 Å². The Morgan fingerprint density at radius 3 is 1.79 bits per heavy atom. The molecule has 0 saturated carbocycles. The van der Waals surface area contributed by atoms with Gasteiger partial charge in [-0.15, -0.1) is 0 Å². The number of carboxylic acid groups (broad SMARTS) is 1. The average Bonchev–Trinajstić information content (AvgIpc) is 2.65. The van der Waals surface area contributed by atoms with Gasteiger partial charge >= 0.3 is 5.97 Å². The molecule has 0 aliphatic heterocycles. The van der Waals surface area contributed by atoms with Crippen molar-refractivity contribution in [2.75, 3.05) is 13.2 Å². The number of aliphatic carboxylic acids is 1. The molecule has 0 aromatic carbocycles. The van der Waals surface area contributed by atoms with Crippen molar-refractivity contribution in [3.05, 3.63) is 0 Å². The molecule has 0 spiro atoms. The molecule has 162 valence electrons. The molecule has 0 bridgehead atoms. The lowest BCUT2D eigenvalue weighted by Crippen LogP contribution is -2.61. The van der Waals surface area contributed by atoms with Crippen molar-refractivity contribution in [3.63, 3.8) is 0 Å². The third kappa shape index (κ3) is 7.76. The third-order valence-corrected chi connectivity index (χ3v) is 4.19. The second kappa shape index (κ2) is 12.2. The first-order valence-corrected chi connectivity index (χ1v) is 8.79. The number of carbonyl (C=O) groups excluding carboxylic acids is 3. The summed E-state index contributed by atoms with van der Waals surface area (Å²) in [4.78, 5) is 47.7. The summed E-state index contributed by atoms with van der Waals surface area (Å²) in [6.07, 6.45) is -0.907. The number of hydrogen-bond acceptors (Lipinski definition) is 8. The van der Waals surface area contributed by atoms with Gasteiger partial charge in [-0.25, -0.2) is 4.79 Å². The first-order valence-electron chi connectivity index (χ1n) is 8.79. The van der Waals surface area contributed by atoms with Crippen LogP contribution in [0.5, 0.6) is 0 Å². The quantitative estimate of drug-likeness (QED) is 0.160. The number of rotatable bonds is 12. The lowest BCUT2D eigenvalue weighted by molar-refractivity contribution is -0.143. The molecule has 12 nitrogen and oxygen atoms in total. The number of nitrogens with two attached hydrogens (primary N) is 1. The Labute approximate surface area is 162 Å². The highest BCUT2D eigenvalue weighted by molar-refractivity contribution is 5.94. The molecule has 6 unspecified atom stereocenters. The third-order valence-electron chi connectivity index (χ3n) is 4.19. The molecule has 0 fully saturated rings. The number of aliphatic hydroxyl groups excluding tert-OH is 3. The van der Waals surface area contributed by atoms with Crippen molar-refractivity contribution < 1.29 is 39.6 Å². The van der Waals surface area contributed by atoms with Crippen molar-refractivity contribution in [2.45, 2.75) is 57.5 Å². The van der Waals surface area contributed by atoms with Gasteiger partial charge in [0.25, 0.3) is 0 Å². The monoisotopic (exact) mass is 406 g/mol. The molecule has 0 aromatic rings. The average molecular weight is 406 g/mol. The van der Waals surface area contributed by atoms with Gasteiger partial charge in [-0.05, 0) is 12.8 Å². The molecule has 28 heavy (non-hydrogen) atoms. The summed E-state index contributed by atoms with van der Waals surface area (Å²) in [5.74, 6) is -4.49. The van der Waals surface area contributed by atoms with E-state index in [4.69, 9.17) is 21.1 Å². The highest BCUT2D eigenvalue weighted by Crippen LogP contribution is 2.09. The van der Waals surface area contributed by atoms with Crippen LogP contribution in [-0.4, -0.2) is 87.6 Å². The molecule has 0 aliphatic carbocycles. The largest absolute Gasteiger partial charge is 0.480 e. The van der Waals surface area contributed by atoms with Crippen LogP contribution in [0, 0.1) is 5.92 Å². The molecular formula is C16H30N4O8. The van der Waals surface area contributed by atoms with E-state index in [-0.39, 0.29) is 0 Å². The summed E-state index contributed by atoms with van der Waals surface area (Å²) in [6.45, 7) is 3.10. The minimum Gasteiger partial charge on any atom is -0.480 e. The molecule has 9 N–H and O–H groups in total. The van der Waals surface area contributed by atoms with Crippen molar-refractivity contribution in [2.24, 2.45) is 11.7 Å². The zero-order valence-electron chi connectivity index (χ0n) is 16.1. The minimum absolute atomic E-state index is 0.429. The summed E-state index contributed by atoms with van der Waals surface area (Å²) in [5, 5.41) is 43.4. The van der Waals surface area contributed by atoms with Crippen LogP contribution in [0.3, 0.4) is 0 Å². The molecule has 6 atom stereocenters. The molecule has 0 heterocycles. The topological polar surface area (TPSA) is 211 Å². The van der Waals surface area contributed by atoms with E-state index in [2.05, 4.69) is 16.0 Å². The van der Waals surface area contributed by atoms with E-state index in [1.165, 1.54) is 6.92 Å². The summed E-state index contributed by atoms with van der Waals surface area (Å²) in [6, 6.07) is -5.50.